The van der Waals surface area contributed by atoms with Gasteiger partial charge in [0, 0.05) is 32.2 Å². The van der Waals surface area contributed by atoms with Gasteiger partial charge in [0.15, 0.2) is 12.2 Å². The molecule has 162 valence electrons. The second kappa shape index (κ2) is 8.69. The average molecular weight is 440 g/mol. The molecule has 8 heteroatoms. The molecule has 0 N–H and O–H groups in total. The summed E-state index contributed by atoms with van der Waals surface area (Å²) < 4.78 is 0. The summed E-state index contributed by atoms with van der Waals surface area (Å²) in [5.74, 6) is 0.529. The lowest BCUT2D eigenvalue weighted by Crippen LogP contribution is -2.64. The lowest BCUT2D eigenvalue weighted by Gasteiger charge is -2.40. The summed E-state index contributed by atoms with van der Waals surface area (Å²) >= 11 is 6.42. The van der Waals surface area contributed by atoms with Crippen molar-refractivity contribution in [2.45, 2.75) is 25.3 Å². The predicted octanol–water partition coefficient (Wildman–Crippen LogP) is 2.90. The number of aliphatic imine (C=N–C) groups is 1. The van der Waals surface area contributed by atoms with E-state index >= 15 is 0 Å². The van der Waals surface area contributed by atoms with E-state index in [1.807, 2.05) is 54.4 Å². The van der Waals surface area contributed by atoms with Gasteiger partial charge in [0.1, 0.15) is 5.84 Å². The normalized spacial score (nSPS) is 21.1. The Labute approximate surface area is 187 Å². The SMILES string of the molecule is CN(CC1=NC2C(C(=O)N(C)C(=O)N2C)N1Cc1ccccc1Cl)Cc1ccccc1. The molecule has 1 fully saturated rings. The fourth-order valence-corrected chi connectivity index (χ4v) is 4.34. The van der Waals surface area contributed by atoms with Crippen LogP contribution in [0, 0.1) is 0 Å². The average Bonchev–Trinajstić information content (AvgIpc) is 3.11. The Morgan fingerprint density at radius 3 is 2.39 bits per heavy atom. The molecule has 3 amide bonds. The third-order valence-electron chi connectivity index (χ3n) is 5.81. The summed E-state index contributed by atoms with van der Waals surface area (Å²) in [4.78, 5) is 37.3. The first-order valence-corrected chi connectivity index (χ1v) is 10.6. The summed E-state index contributed by atoms with van der Waals surface area (Å²) in [6, 6.07) is 16.9. The standard InChI is InChI=1S/C23H26ClN5O2/c1-26(13-16-9-5-4-6-10-16)15-19-25-21-20(22(30)28(3)23(31)27(21)2)29(19)14-17-11-7-8-12-18(17)24/h4-12,20-21H,13-15H2,1-3H3. The van der Waals surface area contributed by atoms with Gasteiger partial charge in [-0.2, -0.15) is 0 Å². The Kier molecular flexibility index (Phi) is 5.98. The predicted molar refractivity (Wildman–Crippen MR) is 121 cm³/mol. The van der Waals surface area contributed by atoms with Crippen LogP contribution in [-0.4, -0.2) is 77.3 Å². The van der Waals surface area contributed by atoms with Crippen LogP contribution in [0.1, 0.15) is 11.1 Å². The minimum atomic E-state index is -0.566. The van der Waals surface area contributed by atoms with Crippen LogP contribution < -0.4 is 0 Å². The van der Waals surface area contributed by atoms with Crippen LogP contribution in [0.3, 0.4) is 0 Å². The van der Waals surface area contributed by atoms with Crippen LogP contribution in [0.15, 0.2) is 59.6 Å². The molecular formula is C23H26ClN5O2. The minimum absolute atomic E-state index is 0.246. The molecule has 2 aromatic rings. The van der Waals surface area contributed by atoms with Crippen LogP contribution in [0.25, 0.3) is 0 Å². The van der Waals surface area contributed by atoms with Crippen molar-refractivity contribution >= 4 is 29.4 Å². The molecule has 0 saturated carbocycles. The van der Waals surface area contributed by atoms with Crippen LogP contribution in [0.5, 0.6) is 0 Å². The number of imide groups is 1. The van der Waals surface area contributed by atoms with Crippen molar-refractivity contribution in [3.8, 4) is 0 Å². The summed E-state index contributed by atoms with van der Waals surface area (Å²) in [5.41, 5.74) is 2.11. The van der Waals surface area contributed by atoms with Crippen molar-refractivity contribution in [2.75, 3.05) is 27.7 Å². The lowest BCUT2D eigenvalue weighted by molar-refractivity contribution is -0.136. The van der Waals surface area contributed by atoms with Crippen LogP contribution in [0.2, 0.25) is 5.02 Å². The van der Waals surface area contributed by atoms with E-state index in [-0.39, 0.29) is 11.9 Å². The van der Waals surface area contributed by atoms with Gasteiger partial charge >= 0.3 is 6.03 Å². The molecular weight excluding hydrogens is 414 g/mol. The first-order valence-electron chi connectivity index (χ1n) is 10.2. The Morgan fingerprint density at radius 2 is 1.68 bits per heavy atom. The third kappa shape index (κ3) is 4.16. The summed E-state index contributed by atoms with van der Waals surface area (Å²) in [5, 5.41) is 0.643. The van der Waals surface area contributed by atoms with Gasteiger partial charge < -0.3 is 9.80 Å². The molecule has 2 heterocycles. The maximum absolute atomic E-state index is 13.1. The maximum atomic E-state index is 13.1. The van der Waals surface area contributed by atoms with E-state index < -0.39 is 12.2 Å². The number of urea groups is 1. The molecule has 2 aliphatic rings. The number of halogens is 1. The number of amides is 3. The third-order valence-corrected chi connectivity index (χ3v) is 6.17. The quantitative estimate of drug-likeness (QED) is 0.694. The number of nitrogens with zero attached hydrogens (tertiary/aromatic N) is 5. The molecule has 1 saturated heterocycles. The number of carbonyl (C=O) groups excluding carboxylic acids is 2. The van der Waals surface area contributed by atoms with Gasteiger partial charge in [0.2, 0.25) is 0 Å². The fraction of sp³-hybridized carbons (Fsp3) is 0.348. The number of likely N-dealkylation sites (N-methyl/N-ethyl adjacent to an activating group) is 3. The highest BCUT2D eigenvalue weighted by Gasteiger charge is 2.50. The zero-order chi connectivity index (χ0) is 22.1. The van der Waals surface area contributed by atoms with Gasteiger partial charge in [0.25, 0.3) is 5.91 Å². The summed E-state index contributed by atoms with van der Waals surface area (Å²) in [7, 11) is 5.23. The van der Waals surface area contributed by atoms with E-state index in [2.05, 4.69) is 17.0 Å². The molecule has 2 aliphatic heterocycles. The van der Waals surface area contributed by atoms with E-state index in [1.165, 1.54) is 22.4 Å². The monoisotopic (exact) mass is 439 g/mol. The number of hydrogen-bond donors (Lipinski definition) is 0. The van der Waals surface area contributed by atoms with Crippen LogP contribution >= 0.6 is 11.6 Å². The van der Waals surface area contributed by atoms with E-state index in [4.69, 9.17) is 16.6 Å². The van der Waals surface area contributed by atoms with Crippen LogP contribution in [-0.2, 0) is 17.9 Å². The van der Waals surface area contributed by atoms with E-state index in [1.54, 1.807) is 7.05 Å². The van der Waals surface area contributed by atoms with E-state index in [9.17, 15) is 9.59 Å². The zero-order valence-electron chi connectivity index (χ0n) is 17.9. The number of carbonyl (C=O) groups is 2. The van der Waals surface area contributed by atoms with Crippen LogP contribution in [0.4, 0.5) is 4.79 Å². The second-order valence-corrected chi connectivity index (χ2v) is 8.48. The van der Waals surface area contributed by atoms with Crippen molar-refractivity contribution in [1.82, 2.24) is 19.6 Å². The van der Waals surface area contributed by atoms with Gasteiger partial charge in [-0.15, -0.1) is 0 Å². The lowest BCUT2D eigenvalue weighted by atomic mass is 10.1. The number of amidine groups is 1. The Bertz CT molecular complexity index is 1010. The van der Waals surface area contributed by atoms with Gasteiger partial charge in [-0.25, -0.2) is 9.79 Å². The Balaban J connectivity index is 1.62. The van der Waals surface area contributed by atoms with Gasteiger partial charge in [-0.1, -0.05) is 60.1 Å². The molecule has 2 aromatic carbocycles. The fourth-order valence-electron chi connectivity index (χ4n) is 4.14. The highest BCUT2D eigenvalue weighted by Crippen LogP contribution is 2.30. The highest BCUT2D eigenvalue weighted by molar-refractivity contribution is 6.31. The number of rotatable bonds is 6. The minimum Gasteiger partial charge on any atom is -0.339 e. The molecule has 0 spiro atoms. The zero-order valence-corrected chi connectivity index (χ0v) is 18.7. The van der Waals surface area contributed by atoms with E-state index in [0.717, 1.165) is 17.9 Å². The smallest absolute Gasteiger partial charge is 0.328 e. The largest absolute Gasteiger partial charge is 0.339 e. The van der Waals surface area contributed by atoms with Gasteiger partial charge in [0.05, 0.1) is 6.54 Å². The topological polar surface area (TPSA) is 59.5 Å². The molecule has 2 atom stereocenters. The van der Waals surface area contributed by atoms with Crippen molar-refractivity contribution in [3.63, 3.8) is 0 Å². The van der Waals surface area contributed by atoms with Crippen molar-refractivity contribution in [3.05, 3.63) is 70.7 Å². The number of fused-ring (bicyclic) bond motifs is 1. The molecule has 0 radical (unpaired) electrons. The summed E-state index contributed by atoms with van der Waals surface area (Å²) in [6.45, 7) is 1.74. The molecule has 0 bridgehead atoms. The molecule has 0 aromatic heterocycles. The van der Waals surface area contributed by atoms with Crippen molar-refractivity contribution < 1.29 is 9.59 Å². The molecule has 31 heavy (non-hydrogen) atoms. The van der Waals surface area contributed by atoms with Crippen molar-refractivity contribution in [1.29, 1.82) is 0 Å². The van der Waals surface area contributed by atoms with Crippen molar-refractivity contribution in [2.24, 2.45) is 4.99 Å². The van der Waals surface area contributed by atoms with Gasteiger partial charge in [-0.3, -0.25) is 14.6 Å². The Hall–Kier alpha value is -2.90. The first kappa shape index (κ1) is 21.3. The molecule has 0 aliphatic carbocycles. The summed E-state index contributed by atoms with van der Waals surface area (Å²) in [6.07, 6.45) is -0.543. The highest BCUT2D eigenvalue weighted by atomic mass is 35.5. The maximum Gasteiger partial charge on any atom is 0.328 e. The first-order chi connectivity index (χ1) is 14.9. The Morgan fingerprint density at radius 1 is 1.00 bits per heavy atom. The van der Waals surface area contributed by atoms with E-state index in [0.29, 0.717) is 18.1 Å². The molecule has 7 nitrogen and oxygen atoms in total. The van der Waals surface area contributed by atoms with Gasteiger partial charge in [-0.05, 0) is 24.2 Å². The molecule has 4 rings (SSSR count). The number of hydrogen-bond acceptors (Lipinski definition) is 5. The second-order valence-electron chi connectivity index (χ2n) is 8.07. The molecule has 2 unspecified atom stereocenters. The number of benzene rings is 2.